The average molecular weight is 260 g/mol. The normalized spacial score (nSPS) is 41.4. The van der Waals surface area contributed by atoms with Gasteiger partial charge in [0.2, 0.25) is 0 Å². The van der Waals surface area contributed by atoms with Crippen LogP contribution in [0.3, 0.4) is 0 Å². The van der Waals surface area contributed by atoms with Gasteiger partial charge >= 0.3 is 0 Å². The molecule has 1 aliphatic heterocycles. The van der Waals surface area contributed by atoms with E-state index in [4.69, 9.17) is 4.74 Å². The Labute approximate surface area is 111 Å². The van der Waals surface area contributed by atoms with Crippen LogP contribution in [0.1, 0.15) is 6.92 Å². The van der Waals surface area contributed by atoms with Crippen molar-refractivity contribution in [3.05, 3.63) is 36.0 Å². The Balaban J connectivity index is 2.02. The highest BCUT2D eigenvalue weighted by Crippen LogP contribution is 2.45. The molecule has 2 aliphatic carbocycles. The van der Waals surface area contributed by atoms with E-state index in [2.05, 4.69) is 6.08 Å². The minimum absolute atomic E-state index is 0.0547. The van der Waals surface area contributed by atoms with Crippen LogP contribution in [-0.4, -0.2) is 29.6 Å². The van der Waals surface area contributed by atoms with E-state index in [1.165, 1.54) is 18.2 Å². The summed E-state index contributed by atoms with van der Waals surface area (Å²) in [7, 11) is 0. The summed E-state index contributed by atoms with van der Waals surface area (Å²) in [6.07, 6.45) is 7.24. The quantitative estimate of drug-likeness (QED) is 0.565. The van der Waals surface area contributed by atoms with Crippen molar-refractivity contribution >= 4 is 11.6 Å². The number of hydrogen-bond donors (Lipinski definition) is 1. The highest BCUT2D eigenvalue weighted by atomic mass is 16.6. The first-order valence-electron chi connectivity index (χ1n) is 6.54. The van der Waals surface area contributed by atoms with Gasteiger partial charge in [0.15, 0.2) is 17.9 Å². The van der Waals surface area contributed by atoms with Crippen LogP contribution in [0, 0.1) is 23.7 Å². The van der Waals surface area contributed by atoms with Gasteiger partial charge in [-0.15, -0.1) is 0 Å². The Morgan fingerprint density at radius 1 is 1.26 bits per heavy atom. The van der Waals surface area contributed by atoms with Gasteiger partial charge in [-0.3, -0.25) is 9.59 Å². The van der Waals surface area contributed by atoms with Crippen LogP contribution < -0.4 is 0 Å². The molecule has 0 aromatic carbocycles. The molecule has 0 spiro atoms. The lowest BCUT2D eigenvalue weighted by atomic mass is 9.65. The molecule has 100 valence electrons. The molecule has 4 nitrogen and oxygen atoms in total. The van der Waals surface area contributed by atoms with Gasteiger partial charge in [0, 0.05) is 23.3 Å². The van der Waals surface area contributed by atoms with Crippen LogP contribution in [0.25, 0.3) is 0 Å². The molecule has 1 heterocycles. The van der Waals surface area contributed by atoms with Crippen LogP contribution in [0.15, 0.2) is 36.0 Å². The van der Waals surface area contributed by atoms with Crippen molar-refractivity contribution in [2.45, 2.75) is 13.2 Å². The van der Waals surface area contributed by atoms with E-state index in [9.17, 15) is 14.7 Å². The third-order valence-corrected chi connectivity index (χ3v) is 4.27. The van der Waals surface area contributed by atoms with Crippen molar-refractivity contribution in [2.24, 2.45) is 23.7 Å². The molecule has 0 unspecified atom stereocenters. The number of fused-ring (bicyclic) bond motifs is 2. The van der Waals surface area contributed by atoms with Gasteiger partial charge in [-0.05, 0) is 24.1 Å². The van der Waals surface area contributed by atoms with Gasteiger partial charge in [0.1, 0.15) is 0 Å². The number of aliphatic hydroxyl groups is 1. The summed E-state index contributed by atoms with van der Waals surface area (Å²) in [6.45, 7) is 2.38. The molecule has 1 saturated heterocycles. The summed E-state index contributed by atoms with van der Waals surface area (Å²) in [5, 5.41) is 10.0. The first kappa shape index (κ1) is 12.5. The number of allylic oxidation sites excluding steroid dienone is 5. The molecule has 1 N–H and O–H groups in total. The fraction of sp³-hybridized carbons (Fsp3) is 0.467. The van der Waals surface area contributed by atoms with Crippen molar-refractivity contribution < 1.29 is 19.4 Å². The second kappa shape index (κ2) is 4.54. The number of carbonyl (C=O) groups excluding carboxylic acids is 2. The van der Waals surface area contributed by atoms with Gasteiger partial charge < -0.3 is 9.84 Å². The summed E-state index contributed by atoms with van der Waals surface area (Å²) >= 11 is 0. The lowest BCUT2D eigenvalue weighted by molar-refractivity contribution is -0.196. The lowest BCUT2D eigenvalue weighted by Gasteiger charge is -2.45. The zero-order chi connectivity index (χ0) is 13.6. The molecule has 0 amide bonds. The minimum atomic E-state index is -0.879. The topological polar surface area (TPSA) is 63.6 Å². The summed E-state index contributed by atoms with van der Waals surface area (Å²) in [5.41, 5.74) is 0.515. The second-order valence-electron chi connectivity index (χ2n) is 5.43. The summed E-state index contributed by atoms with van der Waals surface area (Å²) < 4.78 is 5.36. The van der Waals surface area contributed by atoms with Crippen molar-refractivity contribution in [3.63, 3.8) is 0 Å². The van der Waals surface area contributed by atoms with Crippen molar-refractivity contribution in [3.8, 4) is 0 Å². The molecule has 1 fully saturated rings. The molecule has 0 radical (unpaired) electrons. The first-order chi connectivity index (χ1) is 9.08. The third-order valence-electron chi connectivity index (χ3n) is 4.27. The van der Waals surface area contributed by atoms with E-state index in [1.54, 1.807) is 0 Å². The van der Waals surface area contributed by atoms with Gasteiger partial charge in [0.25, 0.3) is 0 Å². The molecule has 0 saturated carbocycles. The number of aliphatic hydroxyl groups excluding tert-OH is 1. The third kappa shape index (κ3) is 2.01. The van der Waals surface area contributed by atoms with Crippen LogP contribution in [0.2, 0.25) is 0 Å². The van der Waals surface area contributed by atoms with Crippen molar-refractivity contribution in [1.29, 1.82) is 0 Å². The molecule has 5 atom stereocenters. The number of rotatable bonds is 1. The van der Waals surface area contributed by atoms with E-state index < -0.39 is 6.29 Å². The van der Waals surface area contributed by atoms with Crippen LogP contribution >= 0.6 is 0 Å². The van der Waals surface area contributed by atoms with E-state index in [1.807, 2.05) is 13.0 Å². The van der Waals surface area contributed by atoms with E-state index >= 15 is 0 Å². The fourth-order valence-electron chi connectivity index (χ4n) is 3.32. The number of carbonyl (C=O) groups is 2. The summed E-state index contributed by atoms with van der Waals surface area (Å²) in [4.78, 5) is 23.5. The predicted octanol–water partition coefficient (Wildman–Crippen LogP) is 1.02. The highest BCUT2D eigenvalue weighted by Gasteiger charge is 2.46. The van der Waals surface area contributed by atoms with E-state index in [0.29, 0.717) is 12.2 Å². The molecule has 0 aromatic heterocycles. The van der Waals surface area contributed by atoms with Crippen molar-refractivity contribution in [2.75, 3.05) is 6.61 Å². The number of ketones is 2. The first-order valence-corrected chi connectivity index (χ1v) is 6.54. The molecule has 4 heteroatoms. The average Bonchev–Trinajstić information content (AvgIpc) is 2.39. The Morgan fingerprint density at radius 3 is 2.84 bits per heavy atom. The lowest BCUT2D eigenvalue weighted by Crippen LogP contribution is -2.48. The zero-order valence-electron chi connectivity index (χ0n) is 10.7. The fourth-order valence-corrected chi connectivity index (χ4v) is 3.32. The largest absolute Gasteiger partial charge is 0.368 e. The van der Waals surface area contributed by atoms with Gasteiger partial charge in [-0.2, -0.15) is 0 Å². The van der Waals surface area contributed by atoms with Crippen LogP contribution in [0.4, 0.5) is 0 Å². The Bertz CT molecular complexity index is 514. The maximum Gasteiger partial charge on any atom is 0.182 e. The molecule has 2 bridgehead atoms. The van der Waals surface area contributed by atoms with E-state index in [-0.39, 0.29) is 35.2 Å². The maximum atomic E-state index is 12.0. The van der Waals surface area contributed by atoms with Gasteiger partial charge in [-0.25, -0.2) is 0 Å². The highest BCUT2D eigenvalue weighted by molar-refractivity contribution is 6.17. The molecule has 3 aliphatic rings. The summed E-state index contributed by atoms with van der Waals surface area (Å²) in [5.74, 6) is -0.421. The van der Waals surface area contributed by atoms with E-state index in [0.717, 1.165) is 0 Å². The van der Waals surface area contributed by atoms with Crippen LogP contribution in [-0.2, 0) is 14.3 Å². The number of ether oxygens (including phenoxy) is 1. The van der Waals surface area contributed by atoms with Crippen LogP contribution in [0.5, 0.6) is 0 Å². The van der Waals surface area contributed by atoms with Crippen molar-refractivity contribution in [1.82, 2.24) is 0 Å². The Hall–Kier alpha value is -1.52. The molecular formula is C15H16O4. The predicted molar refractivity (Wildman–Crippen MR) is 68.0 cm³/mol. The Kier molecular flexibility index (Phi) is 2.99. The van der Waals surface area contributed by atoms with Gasteiger partial charge in [0.05, 0.1) is 6.61 Å². The Morgan fingerprint density at radius 2 is 2.05 bits per heavy atom. The zero-order valence-corrected chi connectivity index (χ0v) is 10.7. The monoisotopic (exact) mass is 260 g/mol. The molecule has 3 rings (SSSR count). The molecule has 19 heavy (non-hydrogen) atoms. The molecular weight excluding hydrogens is 244 g/mol. The SMILES string of the molecule is C[C@H]1C=C[C@H]2CO[C@H](O)[C@@H]1[C@H]2C1=CC(=O)C=CC1=O. The molecule has 0 aromatic rings. The standard InChI is InChI=1S/C15H16O4/c1-8-2-3-9-7-19-15(18)13(8)14(9)11-6-10(16)4-5-12(11)17/h2-6,8-9,13-15,18H,7H2,1H3/t8-,9-,13-,14+,15-/m0/s1. The van der Waals surface area contributed by atoms with Gasteiger partial charge in [-0.1, -0.05) is 19.1 Å². The summed E-state index contributed by atoms with van der Waals surface area (Å²) in [6, 6.07) is 0. The second-order valence-corrected chi connectivity index (χ2v) is 5.43. The maximum absolute atomic E-state index is 12.0. The number of hydrogen-bond acceptors (Lipinski definition) is 4. The minimum Gasteiger partial charge on any atom is -0.368 e. The smallest absolute Gasteiger partial charge is 0.182 e.